The van der Waals surface area contributed by atoms with Crippen LogP contribution in [0.4, 0.5) is 0 Å². The Hall–Kier alpha value is -2.16. The Labute approximate surface area is 160 Å². The first-order valence-corrected chi connectivity index (χ1v) is 9.45. The van der Waals surface area contributed by atoms with Crippen molar-refractivity contribution >= 4 is 11.9 Å². The second kappa shape index (κ2) is 4.69. The van der Waals surface area contributed by atoms with E-state index in [-0.39, 0.29) is 0 Å². The third-order valence-corrected chi connectivity index (χ3v) is 7.85. The summed E-state index contributed by atoms with van der Waals surface area (Å²) in [5.41, 5.74) is -2.91. The number of aliphatic hydroxyl groups is 2. The summed E-state index contributed by atoms with van der Waals surface area (Å²) in [5.74, 6) is -1.79. The summed E-state index contributed by atoms with van der Waals surface area (Å²) in [7, 11) is 0. The predicted molar refractivity (Wildman–Crippen MR) is 89.4 cm³/mol. The molecule has 148 valence electrons. The number of ether oxygens (including phenoxy) is 3. The normalized spacial score (nSPS) is 53.4. The molecule has 4 aliphatic heterocycles. The van der Waals surface area contributed by atoms with E-state index in [1.165, 1.54) is 18.6 Å². The minimum atomic E-state index is -1.96. The van der Waals surface area contributed by atoms with E-state index in [2.05, 4.69) is 0 Å². The molecule has 2 aliphatic carbocycles. The molecule has 8 heteroatoms. The van der Waals surface area contributed by atoms with Crippen LogP contribution in [0.1, 0.15) is 31.9 Å². The summed E-state index contributed by atoms with van der Waals surface area (Å²) in [6, 6.07) is 1.74. The lowest BCUT2D eigenvalue weighted by atomic mass is 9.42. The van der Waals surface area contributed by atoms with Gasteiger partial charge < -0.3 is 28.8 Å². The second-order valence-electron chi connectivity index (χ2n) is 9.02. The number of carbonyl (C=O) groups is 2. The zero-order valence-corrected chi connectivity index (χ0v) is 15.3. The Morgan fingerprint density at radius 2 is 1.96 bits per heavy atom. The number of hydrogen-bond donors (Lipinski definition) is 2. The molecule has 6 aliphatic rings. The highest BCUT2D eigenvalue weighted by Crippen LogP contribution is 2.70. The van der Waals surface area contributed by atoms with Crippen molar-refractivity contribution in [3.05, 3.63) is 35.8 Å². The first-order chi connectivity index (χ1) is 13.2. The van der Waals surface area contributed by atoms with E-state index in [9.17, 15) is 19.8 Å². The van der Waals surface area contributed by atoms with Gasteiger partial charge in [-0.3, -0.25) is 0 Å². The second-order valence-corrected chi connectivity index (χ2v) is 9.02. The molecule has 2 N–H and O–H groups in total. The fourth-order valence-electron chi connectivity index (χ4n) is 6.39. The van der Waals surface area contributed by atoms with Gasteiger partial charge in [0.05, 0.1) is 18.6 Å². The molecule has 0 amide bonds. The van der Waals surface area contributed by atoms with Gasteiger partial charge in [0.2, 0.25) is 0 Å². The van der Waals surface area contributed by atoms with Crippen LogP contribution in [-0.4, -0.2) is 52.2 Å². The Bertz CT molecular complexity index is 936. The molecule has 8 nitrogen and oxygen atoms in total. The van der Waals surface area contributed by atoms with Crippen molar-refractivity contribution < 1.29 is 38.4 Å². The van der Waals surface area contributed by atoms with E-state index in [1.54, 1.807) is 13.0 Å². The molecule has 2 bridgehead atoms. The highest BCUT2D eigenvalue weighted by Gasteiger charge is 2.85. The van der Waals surface area contributed by atoms with Crippen LogP contribution in [0, 0.1) is 16.7 Å². The summed E-state index contributed by atoms with van der Waals surface area (Å²) in [6.07, 6.45) is 1.40. The van der Waals surface area contributed by atoms with Crippen LogP contribution in [0.25, 0.3) is 0 Å². The zero-order valence-electron chi connectivity index (χ0n) is 15.3. The summed E-state index contributed by atoms with van der Waals surface area (Å²) in [6.45, 7) is 3.61. The maximum absolute atomic E-state index is 12.9. The molecule has 0 spiro atoms. The van der Waals surface area contributed by atoms with E-state index in [1.807, 2.05) is 6.92 Å². The smallest absolute Gasteiger partial charge is 0.342 e. The molecule has 0 radical (unpaired) electrons. The number of aliphatic hydroxyl groups excluding tert-OH is 1. The largest absolute Gasteiger partial charge is 0.472 e. The highest BCUT2D eigenvalue weighted by molar-refractivity contribution is 5.93. The van der Waals surface area contributed by atoms with Gasteiger partial charge in [-0.15, -0.1) is 0 Å². The van der Waals surface area contributed by atoms with Crippen LogP contribution in [0.5, 0.6) is 0 Å². The summed E-state index contributed by atoms with van der Waals surface area (Å²) in [4.78, 5) is 25.5. The maximum Gasteiger partial charge on any atom is 0.342 e. The first-order valence-electron chi connectivity index (χ1n) is 9.45. The topological polar surface area (TPSA) is 119 Å². The minimum Gasteiger partial charge on any atom is -0.472 e. The van der Waals surface area contributed by atoms with Crippen molar-refractivity contribution in [2.45, 2.75) is 56.4 Å². The van der Waals surface area contributed by atoms with E-state index < -0.39 is 64.8 Å². The number of rotatable bonds is 1. The monoisotopic (exact) mass is 388 g/mol. The van der Waals surface area contributed by atoms with E-state index in [0.717, 1.165) is 5.56 Å². The molecule has 5 fully saturated rings. The predicted octanol–water partition coefficient (Wildman–Crippen LogP) is 0.635. The number of cyclic esters (lactones) is 1. The minimum absolute atomic E-state index is 0.353. The summed E-state index contributed by atoms with van der Waals surface area (Å²) < 4.78 is 22.0. The molecule has 1 saturated carbocycles. The van der Waals surface area contributed by atoms with Crippen molar-refractivity contribution in [2.75, 3.05) is 0 Å². The standard InChI is InChI=1S/C20H20O8/c1-18-6-10(8-3-4-25-7-8)26-16(22)9(18)5-11(21)19(2)14(18)12-13-15(27-13)20(19,24)17(23)28-12/h3-5,7,10-15,21,24H,6H2,1-2H3. The van der Waals surface area contributed by atoms with Crippen LogP contribution in [0.2, 0.25) is 0 Å². The third kappa shape index (κ3) is 1.58. The van der Waals surface area contributed by atoms with Crippen molar-refractivity contribution in [3.63, 3.8) is 0 Å². The molecule has 0 aromatic carbocycles. The zero-order chi connectivity index (χ0) is 19.6. The lowest BCUT2D eigenvalue weighted by Gasteiger charge is -2.65. The van der Waals surface area contributed by atoms with E-state index >= 15 is 0 Å². The average molecular weight is 388 g/mol. The quantitative estimate of drug-likeness (QED) is 0.531. The number of fused-ring (bicyclic) bond motifs is 2. The molecule has 9 unspecified atom stereocenters. The molecule has 7 rings (SSSR count). The molecule has 1 aromatic rings. The van der Waals surface area contributed by atoms with Crippen molar-refractivity contribution in [1.29, 1.82) is 0 Å². The van der Waals surface area contributed by atoms with Gasteiger partial charge in [0.1, 0.15) is 24.4 Å². The summed E-state index contributed by atoms with van der Waals surface area (Å²) >= 11 is 0. The molecule has 9 atom stereocenters. The Balaban J connectivity index is 1.54. The number of carbonyl (C=O) groups excluding carboxylic acids is 2. The SMILES string of the molecule is CC12CC(c3ccoc3)OC(=O)C1=CC(O)C1(C)C2C2OC(=O)C1(O)C1OC21. The van der Waals surface area contributed by atoms with Gasteiger partial charge in [0.25, 0.3) is 0 Å². The number of furan rings is 1. The number of hydrogen-bond acceptors (Lipinski definition) is 8. The van der Waals surface area contributed by atoms with Crippen molar-refractivity contribution in [3.8, 4) is 0 Å². The van der Waals surface area contributed by atoms with Crippen LogP contribution >= 0.6 is 0 Å². The Morgan fingerprint density at radius 1 is 1.18 bits per heavy atom. The first kappa shape index (κ1) is 16.8. The third-order valence-electron chi connectivity index (χ3n) is 7.85. The highest BCUT2D eigenvalue weighted by atomic mass is 16.7. The van der Waals surface area contributed by atoms with Gasteiger partial charge in [0.15, 0.2) is 5.60 Å². The van der Waals surface area contributed by atoms with Crippen LogP contribution in [0.3, 0.4) is 0 Å². The van der Waals surface area contributed by atoms with Crippen molar-refractivity contribution in [1.82, 2.24) is 0 Å². The lowest BCUT2D eigenvalue weighted by molar-refractivity contribution is -0.276. The Kier molecular flexibility index (Phi) is 2.81. The maximum atomic E-state index is 12.9. The summed E-state index contributed by atoms with van der Waals surface area (Å²) in [5, 5.41) is 22.4. The van der Waals surface area contributed by atoms with Crippen LogP contribution in [-0.2, 0) is 23.8 Å². The van der Waals surface area contributed by atoms with E-state index in [0.29, 0.717) is 12.0 Å². The molecule has 28 heavy (non-hydrogen) atoms. The van der Waals surface area contributed by atoms with Gasteiger partial charge >= 0.3 is 11.9 Å². The molecular formula is C20H20O8. The fraction of sp³-hybridized carbons (Fsp3) is 0.600. The van der Waals surface area contributed by atoms with Gasteiger partial charge in [-0.05, 0) is 18.6 Å². The van der Waals surface area contributed by atoms with Gasteiger partial charge in [-0.2, -0.15) is 0 Å². The Morgan fingerprint density at radius 3 is 2.68 bits per heavy atom. The van der Waals surface area contributed by atoms with Gasteiger partial charge in [-0.1, -0.05) is 13.8 Å². The van der Waals surface area contributed by atoms with Crippen LogP contribution in [0.15, 0.2) is 34.7 Å². The van der Waals surface area contributed by atoms with Gasteiger partial charge in [-0.25, -0.2) is 9.59 Å². The average Bonchev–Trinajstić information content (AvgIpc) is 3.27. The van der Waals surface area contributed by atoms with Crippen LogP contribution < -0.4 is 0 Å². The molecule has 5 heterocycles. The van der Waals surface area contributed by atoms with E-state index in [4.69, 9.17) is 18.6 Å². The van der Waals surface area contributed by atoms with Crippen molar-refractivity contribution in [2.24, 2.45) is 16.7 Å². The lowest BCUT2D eigenvalue weighted by Crippen LogP contribution is -2.78. The molecule has 1 aromatic heterocycles. The van der Waals surface area contributed by atoms with Gasteiger partial charge in [0, 0.05) is 27.9 Å². The fourth-order valence-corrected chi connectivity index (χ4v) is 6.39. The molecule has 4 saturated heterocycles. The number of epoxide rings is 1. The molecular weight excluding hydrogens is 368 g/mol. The number of esters is 2.